The molecule has 6 heteroatoms. The maximum atomic E-state index is 14.0. The van der Waals surface area contributed by atoms with Crippen LogP contribution in [-0.2, 0) is 22.2 Å². The Labute approximate surface area is 223 Å². The molecule has 3 aliphatic rings. The minimum absolute atomic E-state index is 0.0802. The first-order chi connectivity index (χ1) is 18.4. The van der Waals surface area contributed by atoms with Gasteiger partial charge in [0, 0.05) is 6.54 Å². The van der Waals surface area contributed by atoms with Crippen LogP contribution in [0, 0.1) is 11.6 Å². The normalized spacial score (nSPS) is 22.2. The highest BCUT2D eigenvalue weighted by Gasteiger charge is 2.52. The summed E-state index contributed by atoms with van der Waals surface area (Å²) in [6.45, 7) is 5.74. The van der Waals surface area contributed by atoms with Crippen molar-refractivity contribution in [1.82, 2.24) is 15.1 Å². The lowest BCUT2D eigenvalue weighted by atomic mass is 9.74. The van der Waals surface area contributed by atoms with Crippen LogP contribution in [-0.4, -0.2) is 48.1 Å². The molecule has 4 nitrogen and oxygen atoms in total. The molecular weight excluding hydrogens is 480 g/mol. The Morgan fingerprint density at radius 1 is 0.842 bits per heavy atom. The summed E-state index contributed by atoms with van der Waals surface area (Å²) >= 11 is 0. The number of amides is 1. The summed E-state index contributed by atoms with van der Waals surface area (Å²) in [5.74, 6) is -0.797. The number of halogens is 2. The molecule has 38 heavy (non-hydrogen) atoms. The SMILES string of the molecule is CC1NC(c2ccc(F)cc2)(c2ccc(F)cc2)C(=O)N1CCCN1CCC2(CCc3ccccc32)CC1. The maximum Gasteiger partial charge on any atom is 0.253 e. The monoisotopic (exact) mass is 515 g/mol. The van der Waals surface area contributed by atoms with Crippen molar-refractivity contribution in [1.29, 1.82) is 0 Å². The van der Waals surface area contributed by atoms with Gasteiger partial charge >= 0.3 is 0 Å². The van der Waals surface area contributed by atoms with E-state index >= 15 is 0 Å². The van der Waals surface area contributed by atoms with Crippen molar-refractivity contribution in [2.45, 2.75) is 56.1 Å². The van der Waals surface area contributed by atoms with E-state index in [9.17, 15) is 13.6 Å². The van der Waals surface area contributed by atoms with Gasteiger partial charge < -0.3 is 9.80 Å². The van der Waals surface area contributed by atoms with Crippen LogP contribution in [0.4, 0.5) is 8.78 Å². The minimum atomic E-state index is -1.17. The lowest BCUT2D eigenvalue weighted by molar-refractivity contribution is -0.132. The molecular formula is C32H35F2N3O. The van der Waals surface area contributed by atoms with Crippen molar-refractivity contribution < 1.29 is 13.6 Å². The lowest BCUT2D eigenvalue weighted by Crippen LogP contribution is -2.45. The second-order valence-electron chi connectivity index (χ2n) is 11.2. The van der Waals surface area contributed by atoms with Crippen LogP contribution in [0.5, 0.6) is 0 Å². The maximum absolute atomic E-state index is 14.0. The smallest absolute Gasteiger partial charge is 0.253 e. The van der Waals surface area contributed by atoms with E-state index in [0.717, 1.165) is 26.1 Å². The van der Waals surface area contributed by atoms with Crippen molar-refractivity contribution in [3.8, 4) is 0 Å². The second-order valence-corrected chi connectivity index (χ2v) is 11.2. The summed E-state index contributed by atoms with van der Waals surface area (Å²) in [4.78, 5) is 18.5. The summed E-state index contributed by atoms with van der Waals surface area (Å²) in [6.07, 6.45) is 5.52. The Bertz CT molecular complexity index is 1250. The fraction of sp³-hybridized carbons (Fsp3) is 0.406. The van der Waals surface area contributed by atoms with E-state index < -0.39 is 5.54 Å². The summed E-state index contributed by atoms with van der Waals surface area (Å²) in [7, 11) is 0. The molecule has 198 valence electrons. The number of carbonyl (C=O) groups excluding carboxylic acids is 1. The highest BCUT2D eigenvalue weighted by atomic mass is 19.1. The van der Waals surface area contributed by atoms with Gasteiger partial charge in [0.1, 0.15) is 11.6 Å². The standard InChI is InChI=1S/C32H35F2N3O/c1-23-35-32(25-7-11-27(33)12-8-25,26-9-13-28(34)14-10-26)30(38)37(23)20-4-19-36-21-17-31(18-22-36)16-15-24-5-2-3-6-29(24)31/h2-3,5-14,23,35H,4,15-22H2,1H3. The molecule has 1 aliphatic carbocycles. The predicted octanol–water partition coefficient (Wildman–Crippen LogP) is 5.36. The van der Waals surface area contributed by atoms with Gasteiger partial charge in [-0.3, -0.25) is 10.1 Å². The number of hydrogen-bond donors (Lipinski definition) is 1. The van der Waals surface area contributed by atoms with Crippen LogP contribution in [0.1, 0.15) is 54.9 Å². The molecule has 3 aromatic carbocycles. The molecule has 2 fully saturated rings. The number of benzene rings is 3. The number of nitrogens with one attached hydrogen (secondary N) is 1. The van der Waals surface area contributed by atoms with Crippen molar-refractivity contribution in [2.75, 3.05) is 26.2 Å². The van der Waals surface area contributed by atoms with Gasteiger partial charge in [-0.2, -0.15) is 0 Å². The fourth-order valence-electron chi connectivity index (χ4n) is 7.07. The van der Waals surface area contributed by atoms with Crippen LogP contribution in [0.3, 0.4) is 0 Å². The van der Waals surface area contributed by atoms with Crippen LogP contribution in [0.2, 0.25) is 0 Å². The molecule has 2 heterocycles. The van der Waals surface area contributed by atoms with Gasteiger partial charge in [-0.1, -0.05) is 48.5 Å². The molecule has 6 rings (SSSR count). The van der Waals surface area contributed by atoms with E-state index in [2.05, 4.69) is 34.5 Å². The summed E-state index contributed by atoms with van der Waals surface area (Å²) in [6, 6.07) is 21.0. The summed E-state index contributed by atoms with van der Waals surface area (Å²) in [5, 5.41) is 3.49. The molecule has 1 unspecified atom stereocenters. The lowest BCUT2D eigenvalue weighted by Gasteiger charge is -2.40. The van der Waals surface area contributed by atoms with Gasteiger partial charge in [0.2, 0.25) is 0 Å². The molecule has 1 N–H and O–H groups in total. The van der Waals surface area contributed by atoms with Crippen LogP contribution in [0.25, 0.3) is 0 Å². The third kappa shape index (κ3) is 4.24. The topological polar surface area (TPSA) is 35.6 Å². The molecule has 1 amide bonds. The van der Waals surface area contributed by atoms with Crippen LogP contribution >= 0.6 is 0 Å². The molecule has 1 spiro atoms. The fourth-order valence-corrected chi connectivity index (χ4v) is 7.07. The predicted molar refractivity (Wildman–Crippen MR) is 145 cm³/mol. The molecule has 1 atom stereocenters. The average molecular weight is 516 g/mol. The number of likely N-dealkylation sites (tertiary alicyclic amines) is 1. The Hall–Kier alpha value is -3.09. The van der Waals surface area contributed by atoms with E-state index in [0.29, 0.717) is 23.1 Å². The van der Waals surface area contributed by atoms with Gasteiger partial charge in [-0.05, 0) is 111 Å². The second kappa shape index (κ2) is 9.90. The first kappa shape index (κ1) is 25.2. The third-order valence-corrected chi connectivity index (χ3v) is 9.18. The zero-order valence-corrected chi connectivity index (χ0v) is 21.9. The quantitative estimate of drug-likeness (QED) is 0.480. The van der Waals surface area contributed by atoms with Gasteiger partial charge in [0.05, 0.1) is 6.17 Å². The minimum Gasteiger partial charge on any atom is -0.325 e. The molecule has 2 saturated heterocycles. The summed E-state index contributed by atoms with van der Waals surface area (Å²) in [5.41, 5.74) is 3.58. The third-order valence-electron chi connectivity index (χ3n) is 9.18. The molecule has 0 bridgehead atoms. The van der Waals surface area contributed by atoms with Crippen molar-refractivity contribution >= 4 is 5.91 Å². The molecule has 2 aliphatic heterocycles. The summed E-state index contributed by atoms with van der Waals surface area (Å²) < 4.78 is 27.5. The van der Waals surface area contributed by atoms with Crippen molar-refractivity contribution in [2.24, 2.45) is 0 Å². The van der Waals surface area contributed by atoms with Crippen LogP contribution in [0.15, 0.2) is 72.8 Å². The number of rotatable bonds is 6. The highest BCUT2D eigenvalue weighted by Crippen LogP contribution is 2.46. The zero-order valence-electron chi connectivity index (χ0n) is 21.9. The molecule has 0 saturated carbocycles. The van der Waals surface area contributed by atoms with Crippen LogP contribution < -0.4 is 5.32 Å². The number of piperidine rings is 1. The highest BCUT2D eigenvalue weighted by molar-refractivity contribution is 5.93. The van der Waals surface area contributed by atoms with Gasteiger partial charge in [-0.15, -0.1) is 0 Å². The Balaban J connectivity index is 1.13. The molecule has 3 aromatic rings. The number of nitrogens with zero attached hydrogens (tertiary/aromatic N) is 2. The zero-order chi connectivity index (χ0) is 26.3. The number of fused-ring (bicyclic) bond motifs is 2. The van der Waals surface area contributed by atoms with E-state index in [1.54, 1.807) is 29.8 Å². The average Bonchev–Trinajstić information content (AvgIpc) is 3.41. The Morgan fingerprint density at radius 2 is 1.45 bits per heavy atom. The van der Waals surface area contributed by atoms with E-state index in [-0.39, 0.29) is 23.7 Å². The van der Waals surface area contributed by atoms with E-state index in [4.69, 9.17) is 0 Å². The first-order valence-electron chi connectivity index (χ1n) is 13.8. The molecule has 0 aromatic heterocycles. The number of carbonyl (C=O) groups is 1. The van der Waals surface area contributed by atoms with Gasteiger partial charge in [0.15, 0.2) is 5.54 Å². The molecule has 0 radical (unpaired) electrons. The largest absolute Gasteiger partial charge is 0.325 e. The number of aryl methyl sites for hydroxylation is 1. The van der Waals surface area contributed by atoms with E-state index in [1.807, 2.05) is 11.8 Å². The van der Waals surface area contributed by atoms with Crippen molar-refractivity contribution in [3.63, 3.8) is 0 Å². The van der Waals surface area contributed by atoms with Gasteiger partial charge in [0.25, 0.3) is 5.91 Å². The first-order valence-corrected chi connectivity index (χ1v) is 13.8. The number of hydrogen-bond acceptors (Lipinski definition) is 3. The Kier molecular flexibility index (Phi) is 6.57. The van der Waals surface area contributed by atoms with E-state index in [1.165, 1.54) is 55.5 Å². The van der Waals surface area contributed by atoms with Gasteiger partial charge in [-0.25, -0.2) is 8.78 Å². The van der Waals surface area contributed by atoms with Crippen molar-refractivity contribution in [3.05, 3.63) is 107 Å². The Morgan fingerprint density at radius 3 is 2.08 bits per heavy atom.